The summed E-state index contributed by atoms with van der Waals surface area (Å²) in [5.74, 6) is 1.58. The molecule has 0 spiro atoms. The van der Waals surface area contributed by atoms with Gasteiger partial charge in [0.15, 0.2) is 0 Å². The van der Waals surface area contributed by atoms with E-state index in [0.29, 0.717) is 23.2 Å². The van der Waals surface area contributed by atoms with Crippen LogP contribution >= 0.6 is 0 Å². The van der Waals surface area contributed by atoms with Crippen LogP contribution in [0.1, 0.15) is 35.0 Å². The molecule has 0 bridgehead atoms. The third-order valence-electron chi connectivity index (χ3n) is 3.81. The number of amides is 1. The first-order valence-electron chi connectivity index (χ1n) is 7.60. The highest BCUT2D eigenvalue weighted by Gasteiger charge is 2.29. The predicted molar refractivity (Wildman–Crippen MR) is 86.1 cm³/mol. The number of para-hydroxylation sites is 1. The van der Waals surface area contributed by atoms with Crippen molar-refractivity contribution in [3.05, 3.63) is 66.1 Å². The Bertz CT molecular complexity index is 821. The third-order valence-corrected chi connectivity index (χ3v) is 3.81. The van der Waals surface area contributed by atoms with Crippen LogP contribution in [0.4, 0.5) is 5.69 Å². The molecule has 4 rings (SSSR count). The van der Waals surface area contributed by atoms with Crippen molar-refractivity contribution in [2.75, 3.05) is 5.32 Å². The number of rotatable bonds is 4. The Hall–Kier alpha value is -2.95. The summed E-state index contributed by atoms with van der Waals surface area (Å²) in [6.45, 7) is 0. The highest BCUT2D eigenvalue weighted by atomic mass is 16.5. The summed E-state index contributed by atoms with van der Waals surface area (Å²) in [4.78, 5) is 16.6. The highest BCUT2D eigenvalue weighted by molar-refractivity contribution is 6.04. The van der Waals surface area contributed by atoms with Crippen LogP contribution in [0.15, 0.2) is 59.1 Å². The number of nitrogens with zero attached hydrogens (tertiary/aromatic N) is 2. The fourth-order valence-corrected chi connectivity index (χ4v) is 2.34. The van der Waals surface area contributed by atoms with E-state index in [1.807, 2.05) is 42.5 Å². The molecule has 1 aliphatic carbocycles. The zero-order chi connectivity index (χ0) is 15.6. The molecule has 1 N–H and O–H groups in total. The van der Waals surface area contributed by atoms with Crippen molar-refractivity contribution in [3.63, 3.8) is 0 Å². The van der Waals surface area contributed by atoms with Gasteiger partial charge in [0.1, 0.15) is 0 Å². The Balaban J connectivity index is 1.49. The van der Waals surface area contributed by atoms with E-state index < -0.39 is 0 Å². The SMILES string of the molecule is O=C(Nc1ccccc1)c1ccc(-c2noc(C3CC3)n2)cc1. The van der Waals surface area contributed by atoms with E-state index in [1.165, 1.54) is 0 Å². The maximum absolute atomic E-state index is 12.2. The van der Waals surface area contributed by atoms with Crippen LogP contribution in [0.3, 0.4) is 0 Å². The van der Waals surface area contributed by atoms with Gasteiger partial charge in [-0.25, -0.2) is 0 Å². The number of aromatic nitrogens is 2. The van der Waals surface area contributed by atoms with Crippen LogP contribution in [0.5, 0.6) is 0 Å². The Morgan fingerprint density at radius 3 is 2.48 bits per heavy atom. The largest absolute Gasteiger partial charge is 0.339 e. The number of benzene rings is 2. The van der Waals surface area contributed by atoms with Crippen LogP contribution in [-0.2, 0) is 0 Å². The van der Waals surface area contributed by atoms with Gasteiger partial charge in [-0.2, -0.15) is 4.98 Å². The van der Waals surface area contributed by atoms with Crippen molar-refractivity contribution in [1.82, 2.24) is 10.1 Å². The number of hydrogen-bond acceptors (Lipinski definition) is 4. The summed E-state index contributed by atoms with van der Waals surface area (Å²) in [5.41, 5.74) is 2.20. The maximum Gasteiger partial charge on any atom is 0.255 e. The monoisotopic (exact) mass is 305 g/mol. The lowest BCUT2D eigenvalue weighted by atomic mass is 10.1. The van der Waals surface area contributed by atoms with Gasteiger partial charge < -0.3 is 9.84 Å². The van der Waals surface area contributed by atoms with E-state index in [0.717, 1.165) is 24.1 Å². The van der Waals surface area contributed by atoms with Crippen molar-refractivity contribution in [3.8, 4) is 11.4 Å². The van der Waals surface area contributed by atoms with Crippen molar-refractivity contribution in [2.45, 2.75) is 18.8 Å². The Morgan fingerprint density at radius 2 is 1.78 bits per heavy atom. The van der Waals surface area contributed by atoms with Crippen LogP contribution in [0.25, 0.3) is 11.4 Å². The van der Waals surface area contributed by atoms with Crippen LogP contribution in [0.2, 0.25) is 0 Å². The topological polar surface area (TPSA) is 68.0 Å². The van der Waals surface area contributed by atoms with Gasteiger partial charge in [-0.05, 0) is 37.1 Å². The Kier molecular flexibility index (Phi) is 3.38. The van der Waals surface area contributed by atoms with Crippen molar-refractivity contribution in [2.24, 2.45) is 0 Å². The lowest BCUT2D eigenvalue weighted by molar-refractivity contribution is 0.102. The van der Waals surface area contributed by atoms with Gasteiger partial charge in [0.05, 0.1) is 0 Å². The summed E-state index contributed by atoms with van der Waals surface area (Å²) in [7, 11) is 0. The van der Waals surface area contributed by atoms with Gasteiger partial charge in [-0.15, -0.1) is 0 Å². The number of carbonyl (C=O) groups is 1. The maximum atomic E-state index is 12.2. The molecule has 0 saturated heterocycles. The van der Waals surface area contributed by atoms with E-state index >= 15 is 0 Å². The van der Waals surface area contributed by atoms with Crippen LogP contribution in [-0.4, -0.2) is 16.0 Å². The molecule has 1 aliphatic rings. The quantitative estimate of drug-likeness (QED) is 0.794. The molecule has 5 nitrogen and oxygen atoms in total. The molecular formula is C18H15N3O2. The molecule has 1 fully saturated rings. The average molecular weight is 305 g/mol. The molecule has 1 heterocycles. The minimum absolute atomic E-state index is 0.144. The molecule has 114 valence electrons. The molecule has 2 aromatic carbocycles. The van der Waals surface area contributed by atoms with E-state index in [-0.39, 0.29) is 5.91 Å². The summed E-state index contributed by atoms with van der Waals surface area (Å²) in [6.07, 6.45) is 2.25. The minimum Gasteiger partial charge on any atom is -0.339 e. The second kappa shape index (κ2) is 5.68. The summed E-state index contributed by atoms with van der Waals surface area (Å²) in [6, 6.07) is 16.6. The summed E-state index contributed by atoms with van der Waals surface area (Å²) >= 11 is 0. The molecule has 3 aromatic rings. The first-order chi connectivity index (χ1) is 11.3. The Morgan fingerprint density at radius 1 is 1.04 bits per heavy atom. The van der Waals surface area contributed by atoms with E-state index in [1.54, 1.807) is 12.1 Å². The van der Waals surface area contributed by atoms with Gasteiger partial charge in [-0.1, -0.05) is 35.5 Å². The number of nitrogens with one attached hydrogen (secondary N) is 1. The van der Waals surface area contributed by atoms with Crippen molar-refractivity contribution < 1.29 is 9.32 Å². The smallest absolute Gasteiger partial charge is 0.255 e. The molecule has 0 aliphatic heterocycles. The average Bonchev–Trinajstić information content (AvgIpc) is 3.33. The number of anilines is 1. The van der Waals surface area contributed by atoms with Crippen molar-refractivity contribution in [1.29, 1.82) is 0 Å². The van der Waals surface area contributed by atoms with Crippen molar-refractivity contribution >= 4 is 11.6 Å². The first kappa shape index (κ1) is 13.7. The fourth-order valence-electron chi connectivity index (χ4n) is 2.34. The molecular weight excluding hydrogens is 290 g/mol. The molecule has 1 aromatic heterocycles. The molecule has 23 heavy (non-hydrogen) atoms. The highest BCUT2D eigenvalue weighted by Crippen LogP contribution is 2.39. The van der Waals surface area contributed by atoms with Gasteiger partial charge in [0.2, 0.25) is 11.7 Å². The van der Waals surface area contributed by atoms with Gasteiger partial charge in [0, 0.05) is 22.7 Å². The van der Waals surface area contributed by atoms with E-state index in [9.17, 15) is 4.79 Å². The zero-order valence-corrected chi connectivity index (χ0v) is 12.4. The summed E-state index contributed by atoms with van der Waals surface area (Å²) < 4.78 is 5.26. The lowest BCUT2D eigenvalue weighted by Gasteiger charge is -2.05. The number of carbonyl (C=O) groups excluding carboxylic acids is 1. The first-order valence-corrected chi connectivity index (χ1v) is 7.60. The van der Waals surface area contributed by atoms with Crippen LogP contribution in [0, 0.1) is 0 Å². The molecule has 5 heteroatoms. The number of hydrogen-bond donors (Lipinski definition) is 1. The zero-order valence-electron chi connectivity index (χ0n) is 12.4. The van der Waals surface area contributed by atoms with E-state index in [4.69, 9.17) is 4.52 Å². The van der Waals surface area contributed by atoms with E-state index in [2.05, 4.69) is 15.5 Å². The molecule has 1 amide bonds. The summed E-state index contributed by atoms with van der Waals surface area (Å²) in [5, 5.41) is 6.86. The lowest BCUT2D eigenvalue weighted by Crippen LogP contribution is -2.11. The predicted octanol–water partition coefficient (Wildman–Crippen LogP) is 3.87. The second-order valence-electron chi connectivity index (χ2n) is 5.63. The standard InChI is InChI=1S/C18H15N3O2/c22-17(19-15-4-2-1-3-5-15)13-8-6-12(7-9-13)16-20-18(23-21-16)14-10-11-14/h1-9,14H,10-11H2,(H,19,22). The fraction of sp³-hybridized carbons (Fsp3) is 0.167. The molecule has 1 saturated carbocycles. The third kappa shape index (κ3) is 2.99. The molecule has 0 atom stereocenters. The molecule has 0 radical (unpaired) electrons. The second-order valence-corrected chi connectivity index (χ2v) is 5.63. The van der Waals surface area contributed by atoms with Gasteiger partial charge in [-0.3, -0.25) is 4.79 Å². The Labute approximate surface area is 133 Å². The molecule has 0 unspecified atom stereocenters. The minimum atomic E-state index is -0.144. The van der Waals surface area contributed by atoms with Gasteiger partial charge >= 0.3 is 0 Å². The van der Waals surface area contributed by atoms with Gasteiger partial charge in [0.25, 0.3) is 5.91 Å². The normalized spacial score (nSPS) is 13.7. The van der Waals surface area contributed by atoms with Crippen LogP contribution < -0.4 is 5.32 Å².